The third-order valence-corrected chi connectivity index (χ3v) is 4.22. The lowest BCUT2D eigenvalue weighted by atomic mass is 10.1. The predicted octanol–water partition coefficient (Wildman–Crippen LogP) is 2.75. The van der Waals surface area contributed by atoms with Crippen LogP contribution >= 0.6 is 0 Å². The maximum atomic E-state index is 12.2. The molecule has 1 aromatic carbocycles. The van der Waals surface area contributed by atoms with E-state index < -0.39 is 0 Å². The predicted molar refractivity (Wildman–Crippen MR) is 79.8 cm³/mol. The van der Waals surface area contributed by atoms with Gasteiger partial charge in [0.25, 0.3) is 5.91 Å². The molecule has 0 unspecified atom stereocenters. The van der Waals surface area contributed by atoms with E-state index in [0.29, 0.717) is 12.2 Å². The Hall–Kier alpha value is -2.03. The van der Waals surface area contributed by atoms with Crippen molar-refractivity contribution in [2.24, 2.45) is 7.05 Å². The Labute approximate surface area is 119 Å². The van der Waals surface area contributed by atoms with Crippen molar-refractivity contribution >= 4 is 5.91 Å². The zero-order valence-corrected chi connectivity index (χ0v) is 12.1. The number of fused-ring (bicyclic) bond motifs is 1. The topological polar surface area (TPSA) is 34.0 Å². The number of hydrogen-bond acceptors (Lipinski definition) is 1. The molecule has 1 aliphatic rings. The van der Waals surface area contributed by atoms with Crippen molar-refractivity contribution in [3.8, 4) is 0 Å². The number of nitrogens with one attached hydrogen (secondary N) is 1. The summed E-state index contributed by atoms with van der Waals surface area (Å²) in [5, 5.41) is 3.00. The minimum atomic E-state index is -0.0129. The van der Waals surface area contributed by atoms with Crippen LogP contribution in [0.5, 0.6) is 0 Å². The van der Waals surface area contributed by atoms with Gasteiger partial charge in [0.1, 0.15) is 5.69 Å². The summed E-state index contributed by atoms with van der Waals surface area (Å²) in [6, 6.07) is 10.4. The molecule has 0 saturated heterocycles. The molecule has 1 aliphatic carbocycles. The molecule has 1 amide bonds. The van der Waals surface area contributed by atoms with E-state index in [1.807, 2.05) is 30.7 Å². The number of benzene rings is 1. The van der Waals surface area contributed by atoms with Crippen LogP contribution in [0.3, 0.4) is 0 Å². The van der Waals surface area contributed by atoms with Crippen LogP contribution in [0.25, 0.3) is 0 Å². The van der Waals surface area contributed by atoms with Gasteiger partial charge in [-0.3, -0.25) is 4.79 Å². The van der Waals surface area contributed by atoms with Gasteiger partial charge in [-0.2, -0.15) is 0 Å². The first-order valence-corrected chi connectivity index (χ1v) is 7.16. The highest BCUT2D eigenvalue weighted by molar-refractivity contribution is 5.92. The van der Waals surface area contributed by atoms with E-state index in [9.17, 15) is 4.79 Å². The van der Waals surface area contributed by atoms with Crippen molar-refractivity contribution in [1.29, 1.82) is 0 Å². The Kier molecular flexibility index (Phi) is 3.35. The summed E-state index contributed by atoms with van der Waals surface area (Å²) in [6.07, 6.45) is 3.63. The van der Waals surface area contributed by atoms with Crippen molar-refractivity contribution < 1.29 is 4.79 Å². The highest BCUT2D eigenvalue weighted by Gasteiger charge is 2.13. The van der Waals surface area contributed by atoms with Gasteiger partial charge in [-0.15, -0.1) is 0 Å². The van der Waals surface area contributed by atoms with E-state index in [1.165, 1.54) is 36.0 Å². The number of carbonyl (C=O) groups excluding carboxylic acids is 1. The van der Waals surface area contributed by atoms with Crippen LogP contribution in [0.1, 0.15) is 39.3 Å². The van der Waals surface area contributed by atoms with Gasteiger partial charge in [-0.25, -0.2) is 0 Å². The second-order valence-corrected chi connectivity index (χ2v) is 5.56. The second kappa shape index (κ2) is 5.16. The van der Waals surface area contributed by atoms with Gasteiger partial charge in [-0.1, -0.05) is 18.2 Å². The van der Waals surface area contributed by atoms with Crippen molar-refractivity contribution in [2.75, 3.05) is 0 Å². The molecule has 1 aromatic heterocycles. The molecule has 1 N–H and O–H groups in total. The van der Waals surface area contributed by atoms with Crippen LogP contribution < -0.4 is 5.32 Å². The zero-order valence-electron chi connectivity index (χ0n) is 12.1. The zero-order chi connectivity index (χ0) is 14.1. The van der Waals surface area contributed by atoms with Crippen LogP contribution in [-0.4, -0.2) is 10.5 Å². The summed E-state index contributed by atoms with van der Waals surface area (Å²) >= 11 is 0. The molecule has 0 aliphatic heterocycles. The fourth-order valence-corrected chi connectivity index (χ4v) is 2.85. The highest BCUT2D eigenvalue weighted by Crippen LogP contribution is 2.22. The minimum Gasteiger partial charge on any atom is -0.347 e. The van der Waals surface area contributed by atoms with Crippen LogP contribution in [0.4, 0.5) is 0 Å². The van der Waals surface area contributed by atoms with Crippen molar-refractivity contribution in [1.82, 2.24) is 9.88 Å². The summed E-state index contributed by atoms with van der Waals surface area (Å²) in [6.45, 7) is 2.59. The SMILES string of the molecule is Cc1ccc(C(=O)NCc2ccc3c(c2)CCC3)n1C. The fraction of sp³-hybridized carbons (Fsp3) is 0.353. The van der Waals surface area contributed by atoms with Crippen molar-refractivity contribution in [3.63, 3.8) is 0 Å². The van der Waals surface area contributed by atoms with Crippen LogP contribution in [0, 0.1) is 6.92 Å². The Balaban J connectivity index is 1.67. The summed E-state index contributed by atoms with van der Waals surface area (Å²) in [5.74, 6) is -0.0129. The van der Waals surface area contributed by atoms with Crippen LogP contribution in [0.2, 0.25) is 0 Å². The van der Waals surface area contributed by atoms with Crippen LogP contribution in [0.15, 0.2) is 30.3 Å². The molecule has 0 radical (unpaired) electrons. The Morgan fingerprint density at radius 2 is 2.00 bits per heavy atom. The highest BCUT2D eigenvalue weighted by atomic mass is 16.1. The Bertz CT molecular complexity index is 655. The summed E-state index contributed by atoms with van der Waals surface area (Å²) in [7, 11) is 1.92. The summed E-state index contributed by atoms with van der Waals surface area (Å²) < 4.78 is 1.91. The second-order valence-electron chi connectivity index (χ2n) is 5.56. The molecule has 104 valence electrons. The molecule has 0 saturated carbocycles. The maximum Gasteiger partial charge on any atom is 0.268 e. The van der Waals surface area contributed by atoms with Gasteiger partial charge in [0, 0.05) is 19.3 Å². The third-order valence-electron chi connectivity index (χ3n) is 4.22. The molecule has 0 spiro atoms. The molecule has 2 aromatic rings. The lowest BCUT2D eigenvalue weighted by Gasteiger charge is -2.08. The number of aromatic nitrogens is 1. The van der Waals surface area contributed by atoms with E-state index in [4.69, 9.17) is 0 Å². The number of nitrogens with zero attached hydrogens (tertiary/aromatic N) is 1. The molecular weight excluding hydrogens is 248 g/mol. The lowest BCUT2D eigenvalue weighted by Crippen LogP contribution is -2.25. The standard InChI is InChI=1S/C17H20N2O/c1-12-6-9-16(19(12)2)17(20)18-11-13-7-8-14-4-3-5-15(14)10-13/h6-10H,3-5,11H2,1-2H3,(H,18,20). The monoisotopic (exact) mass is 268 g/mol. The van der Waals surface area contributed by atoms with E-state index in [-0.39, 0.29) is 5.91 Å². The molecule has 3 heteroatoms. The average Bonchev–Trinajstić information content (AvgIpc) is 3.03. The quantitative estimate of drug-likeness (QED) is 0.912. The molecule has 1 heterocycles. The Morgan fingerprint density at radius 1 is 1.20 bits per heavy atom. The van der Waals surface area contributed by atoms with Crippen molar-refractivity contribution in [2.45, 2.75) is 32.7 Å². The normalized spacial score (nSPS) is 13.3. The molecule has 0 fully saturated rings. The third kappa shape index (κ3) is 2.36. The van der Waals surface area contributed by atoms with Gasteiger partial charge in [-0.05, 0) is 55.0 Å². The number of carbonyl (C=O) groups is 1. The van der Waals surface area contributed by atoms with Gasteiger partial charge in [0.15, 0.2) is 0 Å². The molecule has 3 rings (SSSR count). The first-order chi connectivity index (χ1) is 9.65. The minimum absolute atomic E-state index is 0.0129. The van der Waals surface area contributed by atoms with Crippen molar-refractivity contribution in [3.05, 3.63) is 58.4 Å². The maximum absolute atomic E-state index is 12.2. The summed E-state index contributed by atoms with van der Waals surface area (Å²) in [5.41, 5.74) is 5.91. The van der Waals surface area contributed by atoms with Gasteiger partial charge < -0.3 is 9.88 Å². The fourth-order valence-electron chi connectivity index (χ4n) is 2.85. The molecular formula is C17H20N2O. The van der Waals surface area contributed by atoms with E-state index in [0.717, 1.165) is 5.69 Å². The van der Waals surface area contributed by atoms with Gasteiger partial charge in [0.2, 0.25) is 0 Å². The largest absolute Gasteiger partial charge is 0.347 e. The summed E-state index contributed by atoms with van der Waals surface area (Å²) in [4.78, 5) is 12.2. The smallest absolute Gasteiger partial charge is 0.268 e. The lowest BCUT2D eigenvalue weighted by molar-refractivity contribution is 0.0942. The van der Waals surface area contributed by atoms with Gasteiger partial charge >= 0.3 is 0 Å². The molecule has 20 heavy (non-hydrogen) atoms. The number of aryl methyl sites for hydroxylation is 3. The molecule has 3 nitrogen and oxygen atoms in total. The van der Waals surface area contributed by atoms with E-state index in [2.05, 4.69) is 23.5 Å². The number of amides is 1. The van der Waals surface area contributed by atoms with Gasteiger partial charge in [0.05, 0.1) is 0 Å². The number of rotatable bonds is 3. The molecule has 0 bridgehead atoms. The first-order valence-electron chi connectivity index (χ1n) is 7.16. The van der Waals surface area contributed by atoms with E-state index >= 15 is 0 Å². The number of hydrogen-bond donors (Lipinski definition) is 1. The molecule has 0 atom stereocenters. The average molecular weight is 268 g/mol. The first kappa shape index (κ1) is 13.0. The van der Waals surface area contributed by atoms with E-state index in [1.54, 1.807) is 0 Å². The van der Waals surface area contributed by atoms with Crippen LogP contribution in [-0.2, 0) is 26.4 Å². The Morgan fingerprint density at radius 3 is 2.75 bits per heavy atom.